The first kappa shape index (κ1) is 22.4. The van der Waals surface area contributed by atoms with E-state index in [0.29, 0.717) is 4.57 Å². The number of hydrogen-bond donors (Lipinski definition) is 5. The molecule has 11 nitrogen and oxygen atoms in total. The van der Waals surface area contributed by atoms with E-state index in [1.807, 2.05) is 4.98 Å². The van der Waals surface area contributed by atoms with Gasteiger partial charge in [-0.15, -0.1) is 0 Å². The van der Waals surface area contributed by atoms with Crippen molar-refractivity contribution in [2.75, 3.05) is 13.0 Å². The number of nitrogens with one attached hydrogen (secondary N) is 1. The number of nitrogens with zero attached hydrogens (tertiary/aromatic N) is 1. The van der Waals surface area contributed by atoms with Gasteiger partial charge < -0.3 is 24.7 Å². The summed E-state index contributed by atoms with van der Waals surface area (Å²) in [6, 6.07) is 0. The van der Waals surface area contributed by atoms with Crippen LogP contribution in [0.25, 0.3) is 0 Å². The normalized spacial score (nSPS) is 14.0. The van der Waals surface area contributed by atoms with Gasteiger partial charge in [0.2, 0.25) is 0 Å². The summed E-state index contributed by atoms with van der Waals surface area (Å²) in [6.07, 6.45) is -3.95. The quantitative estimate of drug-likeness (QED) is 0.260. The van der Waals surface area contributed by atoms with E-state index in [4.69, 9.17) is 14.9 Å². The van der Waals surface area contributed by atoms with Crippen LogP contribution in [0.5, 0.6) is 0 Å². The summed E-state index contributed by atoms with van der Waals surface area (Å²) in [4.78, 5) is 53.8. The number of aliphatic hydroxyl groups is 2. The summed E-state index contributed by atoms with van der Waals surface area (Å²) in [7, 11) is -4.57. The number of carbonyl (C=O) groups excluding carboxylic acids is 1. The molecule has 0 amide bonds. The second kappa shape index (κ2) is 9.02. The molecule has 1 rings (SSSR count). The molecule has 0 spiro atoms. The summed E-state index contributed by atoms with van der Waals surface area (Å²) in [5, 5.41) is 18.8. The van der Waals surface area contributed by atoms with Crippen LogP contribution >= 0.6 is 7.60 Å². The SMILES string of the molecule is Cc1cn(C(=O)[C@H](O)[C@H](CO)OCP(=O)(O)O)c(=O)[nH]c1=O.[Na]. The third kappa shape index (κ3) is 6.42. The summed E-state index contributed by atoms with van der Waals surface area (Å²) in [5.74, 6) is -1.23. The Hall–Kier alpha value is -0.620. The van der Waals surface area contributed by atoms with E-state index in [1.54, 1.807) is 0 Å². The van der Waals surface area contributed by atoms with Crippen molar-refractivity contribution in [2.45, 2.75) is 19.1 Å². The van der Waals surface area contributed by atoms with Gasteiger partial charge in [-0.2, -0.15) is 0 Å². The first-order valence-electron chi connectivity index (χ1n) is 5.88. The zero-order valence-corrected chi connectivity index (χ0v) is 15.3. The van der Waals surface area contributed by atoms with Crippen LogP contribution in [0.15, 0.2) is 15.8 Å². The minimum Gasteiger partial charge on any atom is -0.394 e. The zero-order chi connectivity index (χ0) is 17.1. The Kier molecular flexibility index (Phi) is 8.77. The van der Waals surface area contributed by atoms with Gasteiger partial charge in [0.1, 0.15) is 12.5 Å². The average Bonchev–Trinajstić information content (AvgIpc) is 2.41. The van der Waals surface area contributed by atoms with E-state index >= 15 is 0 Å². The van der Waals surface area contributed by atoms with Crippen molar-refractivity contribution in [1.82, 2.24) is 9.55 Å². The van der Waals surface area contributed by atoms with Gasteiger partial charge in [-0.3, -0.25) is 19.1 Å². The fraction of sp³-hybridized carbons (Fsp3) is 0.500. The first-order chi connectivity index (χ1) is 10.1. The standard InChI is InChI=1S/C10H15N2O9P.Na/c1-5-2-12(10(17)11-8(5)15)9(16)7(14)6(3-13)21-4-22(18,19)20;/h2,6-7,13-14H,3-4H2,1H3,(H,11,15,17)(H2,18,19,20);/t6-,7+;/m0./s1. The van der Waals surface area contributed by atoms with E-state index in [1.165, 1.54) is 6.92 Å². The molecule has 23 heavy (non-hydrogen) atoms. The molecule has 1 aromatic heterocycles. The number of aromatic amines is 1. The molecule has 0 aromatic carbocycles. The number of hydrogen-bond acceptors (Lipinski definition) is 7. The molecule has 1 aromatic rings. The Morgan fingerprint density at radius 3 is 2.48 bits per heavy atom. The van der Waals surface area contributed by atoms with E-state index in [0.717, 1.165) is 6.20 Å². The maximum Gasteiger partial charge on any atom is 0.350 e. The molecule has 0 bridgehead atoms. The van der Waals surface area contributed by atoms with Crippen molar-refractivity contribution in [3.05, 3.63) is 32.6 Å². The van der Waals surface area contributed by atoms with Crippen LogP contribution in [-0.4, -0.2) is 90.2 Å². The Morgan fingerprint density at radius 2 is 2.00 bits per heavy atom. The van der Waals surface area contributed by atoms with Gasteiger partial charge in [0.25, 0.3) is 11.5 Å². The van der Waals surface area contributed by atoms with Gasteiger partial charge >= 0.3 is 13.3 Å². The van der Waals surface area contributed by atoms with Gasteiger partial charge in [0, 0.05) is 41.3 Å². The fourth-order valence-electron chi connectivity index (χ4n) is 1.47. The van der Waals surface area contributed by atoms with Gasteiger partial charge in [0.15, 0.2) is 6.10 Å². The maximum atomic E-state index is 12.0. The first-order valence-corrected chi connectivity index (χ1v) is 7.68. The average molecular weight is 361 g/mol. The molecule has 5 N–H and O–H groups in total. The molecular formula is C10H15N2NaO9P. The smallest absolute Gasteiger partial charge is 0.350 e. The summed E-state index contributed by atoms with van der Waals surface area (Å²) < 4.78 is 15.7. The van der Waals surface area contributed by atoms with Crippen molar-refractivity contribution in [1.29, 1.82) is 0 Å². The number of aryl methyl sites for hydroxylation is 1. The van der Waals surface area contributed by atoms with E-state index in [9.17, 15) is 24.1 Å². The number of ether oxygens (including phenoxy) is 1. The molecule has 13 heteroatoms. The minimum absolute atomic E-state index is 0. The predicted octanol–water partition coefficient (Wildman–Crippen LogP) is -3.02. The van der Waals surface area contributed by atoms with E-state index < -0.39 is 49.9 Å². The fourth-order valence-corrected chi connectivity index (χ4v) is 1.85. The van der Waals surface area contributed by atoms with Gasteiger partial charge in [-0.25, -0.2) is 9.36 Å². The van der Waals surface area contributed by atoms with Crippen molar-refractivity contribution in [3.63, 3.8) is 0 Å². The van der Waals surface area contributed by atoms with Gasteiger partial charge in [-0.05, 0) is 6.92 Å². The minimum atomic E-state index is -4.57. The van der Waals surface area contributed by atoms with Crippen LogP contribution in [0.2, 0.25) is 0 Å². The van der Waals surface area contributed by atoms with Crippen LogP contribution in [0.4, 0.5) is 0 Å². The molecule has 0 unspecified atom stereocenters. The molecular weight excluding hydrogens is 346 g/mol. The second-order valence-electron chi connectivity index (χ2n) is 4.41. The molecule has 1 radical (unpaired) electrons. The van der Waals surface area contributed by atoms with Gasteiger partial charge in [0.05, 0.1) is 6.61 Å². The van der Waals surface area contributed by atoms with Crippen LogP contribution in [-0.2, 0) is 9.30 Å². The Labute approximate surface area is 151 Å². The summed E-state index contributed by atoms with van der Waals surface area (Å²) in [5.41, 5.74) is -1.79. The van der Waals surface area contributed by atoms with Crippen molar-refractivity contribution in [2.24, 2.45) is 0 Å². The Morgan fingerprint density at radius 1 is 1.43 bits per heavy atom. The van der Waals surface area contributed by atoms with Crippen molar-refractivity contribution >= 4 is 43.1 Å². The van der Waals surface area contributed by atoms with Crippen LogP contribution in [0.1, 0.15) is 10.4 Å². The van der Waals surface area contributed by atoms with Crippen LogP contribution < -0.4 is 11.2 Å². The third-order valence-corrected chi connectivity index (χ3v) is 3.08. The van der Waals surface area contributed by atoms with E-state index in [2.05, 4.69) is 4.74 Å². The Balaban J connectivity index is 0.00000484. The number of rotatable bonds is 6. The number of H-pyrrole nitrogens is 1. The molecule has 0 saturated heterocycles. The second-order valence-corrected chi connectivity index (χ2v) is 5.99. The van der Waals surface area contributed by atoms with Crippen LogP contribution in [0, 0.1) is 6.92 Å². The van der Waals surface area contributed by atoms with E-state index in [-0.39, 0.29) is 35.1 Å². The maximum absolute atomic E-state index is 12.0. The van der Waals surface area contributed by atoms with Crippen LogP contribution in [0.3, 0.4) is 0 Å². The third-order valence-electron chi connectivity index (χ3n) is 2.60. The Bertz CT molecular complexity index is 709. The summed E-state index contributed by atoms with van der Waals surface area (Å²) in [6.45, 7) is 0.395. The predicted molar refractivity (Wildman–Crippen MR) is 77.3 cm³/mol. The molecule has 0 aliphatic heterocycles. The zero-order valence-electron chi connectivity index (χ0n) is 12.4. The monoisotopic (exact) mass is 361 g/mol. The number of carbonyl (C=O) groups is 1. The number of aromatic nitrogens is 2. The van der Waals surface area contributed by atoms with Crippen molar-refractivity contribution in [3.8, 4) is 0 Å². The molecule has 125 valence electrons. The topological polar surface area (TPSA) is 179 Å². The number of aliphatic hydroxyl groups excluding tert-OH is 2. The van der Waals surface area contributed by atoms with Gasteiger partial charge in [-0.1, -0.05) is 0 Å². The molecule has 0 fully saturated rings. The molecule has 1 heterocycles. The largest absolute Gasteiger partial charge is 0.394 e. The molecule has 0 aliphatic carbocycles. The molecule has 0 saturated carbocycles. The summed E-state index contributed by atoms with van der Waals surface area (Å²) >= 11 is 0. The molecule has 0 aliphatic rings. The van der Waals surface area contributed by atoms with Crippen molar-refractivity contribution < 1.29 is 34.1 Å². The molecule has 2 atom stereocenters.